The fourth-order valence-corrected chi connectivity index (χ4v) is 3.91. The van der Waals surface area contributed by atoms with E-state index in [0.717, 1.165) is 24.4 Å². The second kappa shape index (κ2) is 9.45. The molecule has 0 aliphatic carbocycles. The van der Waals surface area contributed by atoms with Gasteiger partial charge in [0.15, 0.2) is 0 Å². The van der Waals surface area contributed by atoms with E-state index in [0.29, 0.717) is 38.6 Å². The van der Waals surface area contributed by atoms with Gasteiger partial charge in [-0.05, 0) is 19.3 Å². The average molecular weight is 433 g/mol. The van der Waals surface area contributed by atoms with Gasteiger partial charge in [0, 0.05) is 25.7 Å². The first-order valence-corrected chi connectivity index (χ1v) is 10.4. The van der Waals surface area contributed by atoms with Crippen molar-refractivity contribution in [2.24, 2.45) is 0 Å². The van der Waals surface area contributed by atoms with Crippen LogP contribution in [0.5, 0.6) is 0 Å². The summed E-state index contributed by atoms with van der Waals surface area (Å²) in [5.74, 6) is 0. The number of amides is 3. The molecule has 3 aliphatic heterocycles. The summed E-state index contributed by atoms with van der Waals surface area (Å²) >= 11 is 0. The molecule has 0 spiro atoms. The van der Waals surface area contributed by atoms with Crippen molar-refractivity contribution >= 4 is 22.8 Å². The van der Waals surface area contributed by atoms with E-state index in [1.165, 1.54) is 11.2 Å². The summed E-state index contributed by atoms with van der Waals surface area (Å²) in [4.78, 5) is 31.7. The summed E-state index contributed by atoms with van der Waals surface area (Å²) in [6.45, 7) is 2.39. The summed E-state index contributed by atoms with van der Waals surface area (Å²) in [7, 11) is -4.60. The molecular weight excluding hydrogens is 410 g/mol. The molecule has 2 bridgehead atoms. The van der Waals surface area contributed by atoms with Crippen LogP contribution in [0.4, 0.5) is 4.79 Å². The summed E-state index contributed by atoms with van der Waals surface area (Å²) in [6, 6.07) is -0.202. The molecule has 0 aromatic carbocycles. The van der Waals surface area contributed by atoms with Crippen LogP contribution in [0.1, 0.15) is 25.3 Å². The third kappa shape index (κ3) is 5.83. The minimum atomic E-state index is -4.60. The number of urea groups is 1. The van der Waals surface area contributed by atoms with Crippen LogP contribution in [0.3, 0.4) is 0 Å². The van der Waals surface area contributed by atoms with Crippen LogP contribution in [0.2, 0.25) is 0 Å². The van der Waals surface area contributed by atoms with Crippen molar-refractivity contribution in [1.82, 2.24) is 35.5 Å². The van der Waals surface area contributed by atoms with Crippen molar-refractivity contribution < 1.29 is 31.7 Å². The highest BCUT2D eigenvalue weighted by molar-refractivity contribution is 7.80. The van der Waals surface area contributed by atoms with E-state index >= 15 is 0 Å². The molecule has 29 heavy (non-hydrogen) atoms. The first-order valence-electron chi connectivity index (χ1n) is 9.01. The zero-order chi connectivity index (χ0) is 20.9. The Morgan fingerprint density at radius 1 is 1.41 bits per heavy atom. The first-order chi connectivity index (χ1) is 13.9. The molecule has 3 N–H and O–H groups in total. The standard InChI is InChI=1S/C8H13N5O2.C6H10N2O5S/c14-6-12-15-3-7-1-8(2-10-7)13-5-9-4-11-13;9-6-7-3-1-2-5(4-7)8(6)13-14(10,11)12/h4-8,10H,1-3H2,(H,12,14);5H,1-4H2,(H,10,11,12). The number of fused-ring (bicyclic) bond motifs is 2. The maximum atomic E-state index is 11.4. The van der Waals surface area contributed by atoms with Crippen LogP contribution in [0, 0.1) is 0 Å². The van der Waals surface area contributed by atoms with Crippen molar-refractivity contribution in [3.05, 3.63) is 12.7 Å². The van der Waals surface area contributed by atoms with Gasteiger partial charge in [0.05, 0.1) is 18.7 Å². The number of aromatic nitrogens is 3. The van der Waals surface area contributed by atoms with Crippen LogP contribution in [0.15, 0.2) is 12.7 Å². The lowest BCUT2D eigenvalue weighted by atomic mass is 10.1. The number of carbonyl (C=O) groups excluding carboxylic acids is 2. The Balaban J connectivity index is 0.000000166. The van der Waals surface area contributed by atoms with Crippen molar-refractivity contribution in [2.45, 2.75) is 37.4 Å². The second-order valence-corrected chi connectivity index (χ2v) is 7.77. The third-order valence-electron chi connectivity index (χ3n) is 4.79. The van der Waals surface area contributed by atoms with Gasteiger partial charge < -0.3 is 10.2 Å². The van der Waals surface area contributed by atoms with Crippen molar-refractivity contribution in [2.75, 3.05) is 26.2 Å². The molecule has 3 unspecified atom stereocenters. The molecule has 15 heteroatoms. The Kier molecular flexibility index (Phi) is 6.96. The van der Waals surface area contributed by atoms with Gasteiger partial charge in [0.2, 0.25) is 6.41 Å². The van der Waals surface area contributed by atoms with Crippen molar-refractivity contribution in [1.29, 1.82) is 0 Å². The minimum Gasteiger partial charge on any atom is -0.321 e. The van der Waals surface area contributed by atoms with Crippen LogP contribution in [-0.4, -0.2) is 88.5 Å². The normalized spacial score (nSPS) is 26.2. The first kappa shape index (κ1) is 21.4. The van der Waals surface area contributed by atoms with Gasteiger partial charge in [-0.15, -0.1) is 4.28 Å². The van der Waals surface area contributed by atoms with Crippen LogP contribution in [0.25, 0.3) is 0 Å². The lowest BCUT2D eigenvalue weighted by Crippen LogP contribution is -2.35. The molecule has 1 aromatic heterocycles. The number of nitrogens with zero attached hydrogens (tertiary/aromatic N) is 5. The second-order valence-electron chi connectivity index (χ2n) is 6.77. The van der Waals surface area contributed by atoms with E-state index in [-0.39, 0.29) is 12.1 Å². The van der Waals surface area contributed by atoms with E-state index < -0.39 is 16.4 Å². The smallest absolute Gasteiger partial charge is 0.321 e. The summed E-state index contributed by atoms with van der Waals surface area (Å²) in [6.07, 6.45) is 6.18. The predicted molar refractivity (Wildman–Crippen MR) is 95.1 cm³/mol. The number of hydrogen-bond donors (Lipinski definition) is 3. The highest BCUT2D eigenvalue weighted by Gasteiger charge is 2.43. The van der Waals surface area contributed by atoms with Gasteiger partial charge in [0.1, 0.15) is 12.7 Å². The average Bonchev–Trinajstić information content (AvgIpc) is 3.40. The molecule has 162 valence electrons. The largest absolute Gasteiger partial charge is 0.418 e. The summed E-state index contributed by atoms with van der Waals surface area (Å²) < 4.78 is 35.4. The number of carbonyl (C=O) groups is 2. The summed E-state index contributed by atoms with van der Waals surface area (Å²) in [5.41, 5.74) is 2.17. The molecule has 4 heterocycles. The fraction of sp³-hybridized carbons (Fsp3) is 0.714. The number of piperidine rings is 1. The van der Waals surface area contributed by atoms with Crippen LogP contribution >= 0.6 is 0 Å². The SMILES string of the molecule is O=C1N2CCCC(C2)N1OS(=O)(=O)O.O=CNOCC1CC(n2cncn2)CN1. The Bertz CT molecular complexity index is 790. The number of rotatable bonds is 7. The van der Waals surface area contributed by atoms with Gasteiger partial charge in [-0.25, -0.2) is 19.9 Å². The van der Waals surface area contributed by atoms with Crippen molar-refractivity contribution in [3.63, 3.8) is 0 Å². The molecule has 3 saturated heterocycles. The van der Waals surface area contributed by atoms with E-state index in [1.807, 2.05) is 4.68 Å². The Morgan fingerprint density at radius 2 is 2.24 bits per heavy atom. The van der Waals surface area contributed by atoms with E-state index in [9.17, 15) is 18.0 Å². The molecule has 3 aliphatic rings. The van der Waals surface area contributed by atoms with Crippen LogP contribution in [-0.2, 0) is 24.3 Å². The third-order valence-corrected chi connectivity index (χ3v) is 5.14. The zero-order valence-electron chi connectivity index (χ0n) is 15.5. The number of hydrogen-bond acceptors (Lipinski definition) is 9. The fourth-order valence-electron chi connectivity index (χ4n) is 3.52. The quantitative estimate of drug-likeness (QED) is 0.199. The molecule has 14 nitrogen and oxygen atoms in total. The maximum Gasteiger partial charge on any atom is 0.418 e. The monoisotopic (exact) mass is 433 g/mol. The van der Waals surface area contributed by atoms with Gasteiger partial charge in [0.25, 0.3) is 0 Å². The molecule has 3 atom stereocenters. The predicted octanol–water partition coefficient (Wildman–Crippen LogP) is -1.52. The number of hydroxylamine groups is 3. The van der Waals surface area contributed by atoms with Crippen LogP contribution < -0.4 is 10.8 Å². The molecule has 3 fully saturated rings. The molecule has 4 rings (SSSR count). The Morgan fingerprint density at radius 3 is 2.90 bits per heavy atom. The Labute approximate surface area is 167 Å². The van der Waals surface area contributed by atoms with Gasteiger partial charge in [-0.3, -0.25) is 14.2 Å². The van der Waals surface area contributed by atoms with Crippen molar-refractivity contribution in [3.8, 4) is 0 Å². The van der Waals surface area contributed by atoms with Gasteiger partial charge in [-0.2, -0.15) is 18.6 Å². The van der Waals surface area contributed by atoms with Gasteiger partial charge in [-0.1, -0.05) is 0 Å². The minimum absolute atomic E-state index is 0.242. The summed E-state index contributed by atoms with van der Waals surface area (Å²) in [5, 5.41) is 8.10. The van der Waals surface area contributed by atoms with E-state index in [1.54, 1.807) is 6.33 Å². The topological polar surface area (TPSA) is 168 Å². The molecule has 0 radical (unpaired) electrons. The maximum absolute atomic E-state index is 11.4. The highest BCUT2D eigenvalue weighted by atomic mass is 32.3. The number of nitrogens with one attached hydrogen (secondary N) is 2. The molecular formula is C14H23N7O7S. The Hall–Kier alpha value is -2.33. The lowest BCUT2D eigenvalue weighted by molar-refractivity contribution is -0.121. The molecule has 0 saturated carbocycles. The zero-order valence-corrected chi connectivity index (χ0v) is 16.3. The molecule has 3 amide bonds. The highest BCUT2D eigenvalue weighted by Crippen LogP contribution is 2.26. The van der Waals surface area contributed by atoms with E-state index in [4.69, 9.17) is 9.39 Å². The van der Waals surface area contributed by atoms with Gasteiger partial charge >= 0.3 is 16.4 Å². The van der Waals surface area contributed by atoms with E-state index in [2.05, 4.69) is 25.2 Å². The lowest BCUT2D eigenvalue weighted by Gasteiger charge is -2.20. The molecule has 1 aromatic rings.